The molecule has 0 saturated carbocycles. The minimum Gasteiger partial charge on any atom is -0.336 e. The molecule has 1 aromatic heterocycles. The number of para-hydroxylation sites is 1. The highest BCUT2D eigenvalue weighted by Crippen LogP contribution is 2.22. The van der Waals surface area contributed by atoms with Gasteiger partial charge in [0.05, 0.1) is 17.2 Å². The van der Waals surface area contributed by atoms with Crippen molar-refractivity contribution in [1.29, 1.82) is 0 Å². The first kappa shape index (κ1) is 16.4. The average Bonchev–Trinajstić information content (AvgIpc) is 2.64. The third kappa shape index (κ3) is 2.77. The van der Waals surface area contributed by atoms with Crippen LogP contribution in [0, 0.1) is 12.7 Å². The molecule has 0 N–H and O–H groups in total. The molecule has 0 radical (unpaired) electrons. The lowest BCUT2D eigenvalue weighted by Crippen LogP contribution is -2.40. The number of amides is 1. The Labute approximate surface area is 149 Å². The number of carbonyl (C=O) groups is 1. The van der Waals surface area contributed by atoms with Crippen molar-refractivity contribution in [3.63, 3.8) is 0 Å². The highest BCUT2D eigenvalue weighted by molar-refractivity contribution is 5.81. The van der Waals surface area contributed by atoms with Crippen molar-refractivity contribution in [2.75, 3.05) is 6.54 Å². The smallest absolute Gasteiger partial charge is 0.261 e. The highest BCUT2D eigenvalue weighted by atomic mass is 19.1. The van der Waals surface area contributed by atoms with Gasteiger partial charge in [0.2, 0.25) is 5.91 Å². The maximum Gasteiger partial charge on any atom is 0.261 e. The van der Waals surface area contributed by atoms with Crippen LogP contribution in [0.3, 0.4) is 0 Å². The van der Waals surface area contributed by atoms with E-state index in [-0.39, 0.29) is 30.4 Å². The van der Waals surface area contributed by atoms with Crippen LogP contribution in [0.25, 0.3) is 10.9 Å². The van der Waals surface area contributed by atoms with Gasteiger partial charge in [-0.05, 0) is 36.6 Å². The zero-order valence-electron chi connectivity index (χ0n) is 14.4. The van der Waals surface area contributed by atoms with Gasteiger partial charge in [-0.3, -0.25) is 14.2 Å². The molecule has 0 bridgehead atoms. The van der Waals surface area contributed by atoms with Crippen LogP contribution in [0.5, 0.6) is 0 Å². The second-order valence-corrected chi connectivity index (χ2v) is 6.59. The summed E-state index contributed by atoms with van der Waals surface area (Å²) in [7, 11) is 0. The normalized spacial score (nSPS) is 13.7. The Bertz CT molecular complexity index is 1070. The Kier molecular flexibility index (Phi) is 4.03. The minimum atomic E-state index is -0.292. The summed E-state index contributed by atoms with van der Waals surface area (Å²) in [5.74, 6) is -0.505. The number of aryl methyl sites for hydroxylation is 1. The van der Waals surface area contributed by atoms with Gasteiger partial charge in [0.15, 0.2) is 0 Å². The molecule has 0 atom stereocenters. The van der Waals surface area contributed by atoms with E-state index in [0.717, 1.165) is 11.1 Å². The summed E-state index contributed by atoms with van der Waals surface area (Å²) in [6, 6.07) is 10.4. The molecule has 0 spiro atoms. The number of fused-ring (bicyclic) bond motifs is 2. The Morgan fingerprint density at radius 1 is 1.23 bits per heavy atom. The summed E-state index contributed by atoms with van der Waals surface area (Å²) >= 11 is 0. The Hall–Kier alpha value is -3.02. The van der Waals surface area contributed by atoms with E-state index in [1.165, 1.54) is 17.0 Å². The maximum absolute atomic E-state index is 14.0. The van der Waals surface area contributed by atoms with E-state index in [4.69, 9.17) is 0 Å². The van der Waals surface area contributed by atoms with Crippen LogP contribution >= 0.6 is 0 Å². The third-order valence-corrected chi connectivity index (χ3v) is 4.93. The van der Waals surface area contributed by atoms with Crippen molar-refractivity contribution < 1.29 is 9.18 Å². The van der Waals surface area contributed by atoms with Gasteiger partial charge >= 0.3 is 0 Å². The van der Waals surface area contributed by atoms with Gasteiger partial charge in [-0.15, -0.1) is 0 Å². The fourth-order valence-corrected chi connectivity index (χ4v) is 3.45. The lowest BCUT2D eigenvalue weighted by atomic mass is 9.99. The Morgan fingerprint density at radius 3 is 2.88 bits per heavy atom. The molecule has 0 unspecified atom stereocenters. The van der Waals surface area contributed by atoms with Crippen LogP contribution in [-0.4, -0.2) is 26.9 Å². The number of rotatable bonds is 2. The molecular formula is C20H18FN3O2. The van der Waals surface area contributed by atoms with E-state index in [9.17, 15) is 14.0 Å². The van der Waals surface area contributed by atoms with Gasteiger partial charge in [0.1, 0.15) is 12.4 Å². The van der Waals surface area contributed by atoms with Crippen LogP contribution < -0.4 is 5.56 Å². The van der Waals surface area contributed by atoms with Crippen LogP contribution in [0.4, 0.5) is 4.39 Å². The van der Waals surface area contributed by atoms with Crippen molar-refractivity contribution in [2.24, 2.45) is 0 Å². The lowest BCUT2D eigenvalue weighted by molar-refractivity contribution is -0.132. The van der Waals surface area contributed by atoms with Crippen molar-refractivity contribution in [3.8, 4) is 0 Å². The van der Waals surface area contributed by atoms with Crippen molar-refractivity contribution in [3.05, 3.63) is 75.6 Å². The van der Waals surface area contributed by atoms with Gasteiger partial charge in [-0.25, -0.2) is 9.37 Å². The number of aromatic nitrogens is 2. The first-order valence-corrected chi connectivity index (χ1v) is 8.53. The molecule has 0 saturated heterocycles. The molecule has 1 aliphatic heterocycles. The minimum absolute atomic E-state index is 0.0977. The molecule has 4 rings (SSSR count). The van der Waals surface area contributed by atoms with Crippen molar-refractivity contribution in [2.45, 2.75) is 26.4 Å². The second-order valence-electron chi connectivity index (χ2n) is 6.59. The average molecular weight is 351 g/mol. The SMILES string of the molecule is Cc1cccc2c(=O)n(CC(=O)N3CCc4cccc(F)c4C3)cnc12. The molecule has 3 aromatic rings. The molecule has 26 heavy (non-hydrogen) atoms. The predicted molar refractivity (Wildman–Crippen MR) is 96.3 cm³/mol. The number of benzene rings is 2. The quantitative estimate of drug-likeness (QED) is 0.713. The molecule has 132 valence electrons. The van der Waals surface area contributed by atoms with Gasteiger partial charge in [0, 0.05) is 18.7 Å². The Morgan fingerprint density at radius 2 is 2.04 bits per heavy atom. The monoisotopic (exact) mass is 351 g/mol. The number of nitrogens with zero attached hydrogens (tertiary/aromatic N) is 3. The van der Waals surface area contributed by atoms with Crippen LogP contribution in [0.15, 0.2) is 47.5 Å². The second kappa shape index (κ2) is 6.37. The van der Waals surface area contributed by atoms with Crippen LogP contribution in [0.2, 0.25) is 0 Å². The summed E-state index contributed by atoms with van der Waals surface area (Å²) in [5.41, 5.74) is 2.83. The number of hydrogen-bond donors (Lipinski definition) is 0. The summed E-state index contributed by atoms with van der Waals surface area (Å²) in [4.78, 5) is 31.2. The summed E-state index contributed by atoms with van der Waals surface area (Å²) in [5, 5.41) is 0.496. The summed E-state index contributed by atoms with van der Waals surface area (Å²) < 4.78 is 15.3. The van der Waals surface area contributed by atoms with Crippen LogP contribution in [0.1, 0.15) is 16.7 Å². The largest absolute Gasteiger partial charge is 0.336 e. The van der Waals surface area contributed by atoms with Gasteiger partial charge in [0.25, 0.3) is 5.56 Å². The zero-order chi connectivity index (χ0) is 18.3. The fourth-order valence-electron chi connectivity index (χ4n) is 3.45. The first-order valence-electron chi connectivity index (χ1n) is 8.53. The fraction of sp³-hybridized carbons (Fsp3) is 0.250. The predicted octanol–water partition coefficient (Wildman–Crippen LogP) is 2.43. The van der Waals surface area contributed by atoms with Gasteiger partial charge in [-0.2, -0.15) is 0 Å². The summed E-state index contributed by atoms with van der Waals surface area (Å²) in [6.07, 6.45) is 2.02. The molecule has 2 heterocycles. The van der Waals surface area contributed by atoms with Gasteiger partial charge < -0.3 is 4.90 Å². The lowest BCUT2D eigenvalue weighted by Gasteiger charge is -2.29. The van der Waals surface area contributed by atoms with E-state index in [2.05, 4.69) is 4.98 Å². The molecule has 0 fully saturated rings. The van der Waals surface area contributed by atoms with E-state index in [1.54, 1.807) is 23.1 Å². The summed E-state index contributed by atoms with van der Waals surface area (Å²) in [6.45, 7) is 2.54. The maximum atomic E-state index is 14.0. The number of hydrogen-bond acceptors (Lipinski definition) is 3. The molecule has 1 aliphatic rings. The number of carbonyl (C=O) groups excluding carboxylic acids is 1. The standard InChI is InChI=1S/C20H18FN3O2/c1-13-4-2-6-15-19(13)22-12-24(20(15)26)11-18(25)23-9-8-14-5-3-7-17(21)16(14)10-23/h2-7,12H,8-11H2,1H3. The topological polar surface area (TPSA) is 55.2 Å². The molecule has 1 amide bonds. The first-order chi connectivity index (χ1) is 12.5. The molecule has 6 heteroatoms. The molecular weight excluding hydrogens is 333 g/mol. The number of halogens is 1. The molecule has 5 nitrogen and oxygen atoms in total. The van der Waals surface area contributed by atoms with E-state index in [0.29, 0.717) is 29.4 Å². The zero-order valence-corrected chi connectivity index (χ0v) is 14.4. The van der Waals surface area contributed by atoms with Crippen LogP contribution in [-0.2, 0) is 24.3 Å². The van der Waals surface area contributed by atoms with E-state index < -0.39 is 0 Å². The molecule has 2 aromatic carbocycles. The van der Waals surface area contributed by atoms with Crippen molar-refractivity contribution in [1.82, 2.24) is 14.5 Å². The Balaban J connectivity index is 1.60. The van der Waals surface area contributed by atoms with E-state index >= 15 is 0 Å². The van der Waals surface area contributed by atoms with Gasteiger partial charge in [-0.1, -0.05) is 24.3 Å². The third-order valence-electron chi connectivity index (χ3n) is 4.93. The van der Waals surface area contributed by atoms with E-state index in [1.807, 2.05) is 19.1 Å². The van der Waals surface area contributed by atoms with Crippen molar-refractivity contribution >= 4 is 16.8 Å². The highest BCUT2D eigenvalue weighted by Gasteiger charge is 2.23. The molecule has 0 aliphatic carbocycles.